The van der Waals surface area contributed by atoms with Crippen molar-refractivity contribution in [2.24, 2.45) is 0 Å². The Morgan fingerprint density at radius 3 is 1.44 bits per heavy atom. The summed E-state index contributed by atoms with van der Waals surface area (Å²) < 4.78 is 7.81. The summed E-state index contributed by atoms with van der Waals surface area (Å²) in [6.45, 7) is 2.29. The third kappa shape index (κ3) is 5.12. The molecule has 4 aromatic rings. The van der Waals surface area contributed by atoms with Crippen molar-refractivity contribution in [3.05, 3.63) is 130 Å². The molecule has 0 aliphatic heterocycles. The van der Waals surface area contributed by atoms with Crippen LogP contribution in [-0.2, 0) is 0 Å². The van der Waals surface area contributed by atoms with Gasteiger partial charge in [-0.3, -0.25) is 0 Å². The zero-order chi connectivity index (χ0) is 22.1. The van der Waals surface area contributed by atoms with Crippen LogP contribution in [0, 0.1) is 0 Å². The molecule has 2 heteroatoms. The second kappa shape index (κ2) is 11.7. The minimum atomic E-state index is -3.46. The molecule has 32 heavy (non-hydrogen) atoms. The summed E-state index contributed by atoms with van der Waals surface area (Å²) in [6.07, 6.45) is 6.27. The van der Waals surface area contributed by atoms with Gasteiger partial charge in [0.15, 0.2) is 0 Å². The molecule has 4 rings (SSSR count). The fourth-order valence-corrected chi connectivity index (χ4v) is 27.7. The summed E-state index contributed by atoms with van der Waals surface area (Å²) in [5, 5.41) is 0. The molecule has 0 aromatic heterocycles. The quantitative estimate of drug-likeness (QED) is 0.195. The van der Waals surface area contributed by atoms with Gasteiger partial charge in [0, 0.05) is 0 Å². The normalized spacial score (nSPS) is 12.0. The van der Waals surface area contributed by atoms with E-state index < -0.39 is 18.4 Å². The molecule has 0 saturated carbocycles. The van der Waals surface area contributed by atoms with Gasteiger partial charge in [-0.2, -0.15) is 0 Å². The van der Waals surface area contributed by atoms with Crippen molar-refractivity contribution in [1.29, 1.82) is 0 Å². The summed E-state index contributed by atoms with van der Waals surface area (Å²) >= 11 is -3.18. The first-order chi connectivity index (χ1) is 15.9. The van der Waals surface area contributed by atoms with E-state index in [0.29, 0.717) is 0 Å². The molecule has 4 aromatic carbocycles. The SMILES string of the molecule is CCCC/C=[C](/[Se]c1ccccc1)[Sn]([c]1ccccc1)([c]1ccccc1)[c]1ccccc1. The summed E-state index contributed by atoms with van der Waals surface area (Å²) in [5.41, 5.74) is 0. The average molecular weight is 588 g/mol. The Bertz CT molecular complexity index is 1010. The van der Waals surface area contributed by atoms with Crippen LogP contribution < -0.4 is 15.2 Å². The molecule has 0 unspecified atom stereocenters. The Hall–Kier alpha value is -2.06. The van der Waals surface area contributed by atoms with E-state index in [2.05, 4.69) is 134 Å². The fourth-order valence-electron chi connectivity index (χ4n) is 4.32. The predicted molar refractivity (Wildman–Crippen MR) is 143 cm³/mol. The van der Waals surface area contributed by atoms with E-state index in [0.717, 1.165) is 6.42 Å². The van der Waals surface area contributed by atoms with Gasteiger partial charge in [-0.1, -0.05) is 0 Å². The molecule has 0 amide bonds. The van der Waals surface area contributed by atoms with Gasteiger partial charge in [0.05, 0.1) is 0 Å². The molecule has 0 nitrogen and oxygen atoms in total. The van der Waals surface area contributed by atoms with Crippen LogP contribution in [0.1, 0.15) is 26.2 Å². The summed E-state index contributed by atoms with van der Waals surface area (Å²) in [4.78, 5) is 0. The third-order valence-electron chi connectivity index (χ3n) is 5.85. The minimum absolute atomic E-state index is 0.284. The zero-order valence-corrected chi connectivity index (χ0v) is 23.2. The van der Waals surface area contributed by atoms with Crippen molar-refractivity contribution in [2.75, 3.05) is 0 Å². The first kappa shape index (κ1) is 23.1. The molecular formula is C30H30SeSn. The third-order valence-corrected chi connectivity index (χ3v) is 26.5. The van der Waals surface area contributed by atoms with Crippen molar-refractivity contribution in [2.45, 2.75) is 26.2 Å². The van der Waals surface area contributed by atoms with Crippen molar-refractivity contribution in [1.82, 2.24) is 0 Å². The monoisotopic (exact) mass is 590 g/mol. The van der Waals surface area contributed by atoms with Gasteiger partial charge in [0.1, 0.15) is 0 Å². The Kier molecular flexibility index (Phi) is 8.45. The summed E-state index contributed by atoms with van der Waals surface area (Å²) in [6, 6.07) is 45.3. The number of benzene rings is 4. The molecule has 0 aliphatic carbocycles. The van der Waals surface area contributed by atoms with Crippen LogP contribution in [0.4, 0.5) is 0 Å². The first-order valence-electron chi connectivity index (χ1n) is 11.5. The molecule has 0 aliphatic rings. The van der Waals surface area contributed by atoms with E-state index in [1.54, 1.807) is 13.2 Å². The van der Waals surface area contributed by atoms with Crippen LogP contribution in [0.25, 0.3) is 0 Å². The van der Waals surface area contributed by atoms with E-state index in [9.17, 15) is 0 Å². The molecule has 0 fully saturated rings. The van der Waals surface area contributed by atoms with Gasteiger partial charge in [-0.25, -0.2) is 0 Å². The van der Waals surface area contributed by atoms with E-state index in [1.807, 2.05) is 0 Å². The van der Waals surface area contributed by atoms with Crippen molar-refractivity contribution in [3.8, 4) is 0 Å². The number of unbranched alkanes of at least 4 members (excludes halogenated alkanes) is 2. The van der Waals surface area contributed by atoms with Crippen LogP contribution in [0.15, 0.2) is 130 Å². The van der Waals surface area contributed by atoms with Crippen molar-refractivity contribution < 1.29 is 0 Å². The van der Waals surface area contributed by atoms with E-state index in [4.69, 9.17) is 0 Å². The molecule has 0 bridgehead atoms. The predicted octanol–water partition coefficient (Wildman–Crippen LogP) is 4.80. The van der Waals surface area contributed by atoms with Crippen LogP contribution in [0.3, 0.4) is 0 Å². The fraction of sp³-hybridized carbons (Fsp3) is 0.133. The van der Waals surface area contributed by atoms with Gasteiger partial charge in [0.25, 0.3) is 0 Å². The maximum atomic E-state index is 2.64. The molecule has 0 atom stereocenters. The van der Waals surface area contributed by atoms with Gasteiger partial charge >= 0.3 is 205 Å². The first-order valence-corrected chi connectivity index (χ1v) is 18.9. The standard InChI is InChI=1S/C12H15Se.3C6H5.Sn/c1-2-3-4-8-11-13-12-9-6-5-7-10-12;3*1-2-4-6-5-3-1;/h5-10H,2-4H2,1H3;3*1-5H;. The molecule has 0 radical (unpaired) electrons. The van der Waals surface area contributed by atoms with E-state index in [1.165, 1.54) is 17.3 Å². The molecule has 0 N–H and O–H groups in total. The van der Waals surface area contributed by atoms with Gasteiger partial charge in [0.2, 0.25) is 0 Å². The number of allylic oxidation sites excluding steroid dienone is 1. The number of rotatable bonds is 9. The van der Waals surface area contributed by atoms with Crippen LogP contribution in [0.5, 0.6) is 0 Å². The van der Waals surface area contributed by atoms with Gasteiger partial charge in [-0.15, -0.1) is 0 Å². The maximum absolute atomic E-state index is 3.46. The summed E-state index contributed by atoms with van der Waals surface area (Å²) in [5.74, 6) is 0. The van der Waals surface area contributed by atoms with Crippen LogP contribution >= 0.6 is 0 Å². The van der Waals surface area contributed by atoms with Gasteiger partial charge in [-0.05, 0) is 0 Å². The topological polar surface area (TPSA) is 0 Å². The summed E-state index contributed by atoms with van der Waals surface area (Å²) in [7, 11) is 0. The molecule has 0 saturated heterocycles. The second-order valence-corrected chi connectivity index (χ2v) is 23.4. The average Bonchev–Trinajstić information content (AvgIpc) is 2.87. The Morgan fingerprint density at radius 2 is 1.03 bits per heavy atom. The second-order valence-electron chi connectivity index (χ2n) is 7.97. The number of hydrogen-bond acceptors (Lipinski definition) is 0. The van der Waals surface area contributed by atoms with Crippen molar-refractivity contribution in [3.63, 3.8) is 0 Å². The van der Waals surface area contributed by atoms with Crippen molar-refractivity contribution >= 4 is 48.5 Å². The number of hydrogen-bond donors (Lipinski definition) is 0. The van der Waals surface area contributed by atoms with Gasteiger partial charge < -0.3 is 0 Å². The Labute approximate surface area is 203 Å². The van der Waals surface area contributed by atoms with Crippen LogP contribution in [0.2, 0.25) is 0 Å². The molecule has 0 spiro atoms. The van der Waals surface area contributed by atoms with Crippen LogP contribution in [-0.4, -0.2) is 33.3 Å². The molecule has 160 valence electrons. The Balaban J connectivity index is 2.02. The van der Waals surface area contributed by atoms with E-state index >= 15 is 0 Å². The zero-order valence-electron chi connectivity index (χ0n) is 18.7. The van der Waals surface area contributed by atoms with E-state index in [-0.39, 0.29) is 15.0 Å². The Morgan fingerprint density at radius 1 is 0.625 bits per heavy atom. The molecular weight excluding hydrogens is 558 g/mol. The molecule has 0 heterocycles.